The highest BCUT2D eigenvalue weighted by molar-refractivity contribution is 7.89. The van der Waals surface area contributed by atoms with Crippen LogP contribution in [0.3, 0.4) is 0 Å². The van der Waals surface area contributed by atoms with E-state index in [0.29, 0.717) is 6.54 Å². The Hall–Kier alpha value is -0.760. The average Bonchev–Trinajstić information content (AvgIpc) is 2.13. The van der Waals surface area contributed by atoms with Gasteiger partial charge in [-0.05, 0) is 12.8 Å². The number of likely N-dealkylation sites (tertiary alicyclic amines) is 1. The van der Waals surface area contributed by atoms with Crippen molar-refractivity contribution in [3.63, 3.8) is 0 Å². The molecule has 0 atom stereocenters. The van der Waals surface area contributed by atoms with Gasteiger partial charge in [-0.25, -0.2) is 22.3 Å². The molecule has 100 valence electrons. The Morgan fingerprint density at radius 2 is 2.06 bits per heavy atom. The summed E-state index contributed by atoms with van der Waals surface area (Å²) in [6.45, 7) is -0.259. The summed E-state index contributed by atoms with van der Waals surface area (Å²) in [5, 5.41) is 4.77. The lowest BCUT2D eigenvalue weighted by Gasteiger charge is -2.32. The Labute approximate surface area is 99.0 Å². The summed E-state index contributed by atoms with van der Waals surface area (Å²) in [7, 11) is -3.59. The van der Waals surface area contributed by atoms with Crippen molar-refractivity contribution in [1.82, 2.24) is 4.90 Å². The molecule has 2 N–H and O–H groups in total. The number of alkyl halides is 2. The molecule has 8 heteroatoms. The third-order valence-electron chi connectivity index (χ3n) is 2.56. The molecule has 0 saturated carbocycles. The lowest BCUT2D eigenvalue weighted by molar-refractivity contribution is -0.141. The number of halogens is 2. The van der Waals surface area contributed by atoms with E-state index in [1.54, 1.807) is 0 Å². The van der Waals surface area contributed by atoms with Crippen molar-refractivity contribution < 1.29 is 22.0 Å². The predicted molar refractivity (Wildman–Crippen MR) is 58.0 cm³/mol. The van der Waals surface area contributed by atoms with Gasteiger partial charge in [0.2, 0.25) is 15.9 Å². The first kappa shape index (κ1) is 14.3. The largest absolute Gasteiger partial charge is 0.337 e. The summed E-state index contributed by atoms with van der Waals surface area (Å²) >= 11 is 0. The fraction of sp³-hybridized carbons (Fsp3) is 0.889. The van der Waals surface area contributed by atoms with Gasteiger partial charge in [0.05, 0.1) is 12.3 Å². The number of carbonyl (C=O) groups is 1. The number of piperidine rings is 1. The molecule has 1 rings (SSSR count). The normalized spacial score (nSPS) is 20.3. The molecule has 0 aromatic rings. The first-order valence-electron chi connectivity index (χ1n) is 5.36. The summed E-state index contributed by atoms with van der Waals surface area (Å²) in [6, 6.07) is 0. The monoisotopic (exact) mass is 270 g/mol. The maximum absolute atomic E-state index is 13.0. The van der Waals surface area contributed by atoms with Gasteiger partial charge < -0.3 is 4.90 Å². The lowest BCUT2D eigenvalue weighted by Crippen LogP contribution is -2.45. The van der Waals surface area contributed by atoms with Gasteiger partial charge in [0.1, 0.15) is 0 Å². The van der Waals surface area contributed by atoms with E-state index >= 15 is 0 Å². The lowest BCUT2D eigenvalue weighted by atomic mass is 10.1. The number of rotatable bonds is 4. The number of nitrogens with zero attached hydrogens (tertiary/aromatic N) is 1. The highest BCUT2D eigenvalue weighted by Gasteiger charge is 2.36. The number of nitrogens with two attached hydrogens (primary N) is 1. The Bertz CT molecular complexity index is 384. The minimum Gasteiger partial charge on any atom is -0.337 e. The van der Waals surface area contributed by atoms with Crippen LogP contribution in [0, 0.1) is 0 Å². The third-order valence-corrected chi connectivity index (χ3v) is 3.42. The molecule has 17 heavy (non-hydrogen) atoms. The predicted octanol–water partition coefficient (Wildman–Crippen LogP) is 0.313. The van der Waals surface area contributed by atoms with Crippen LogP contribution in [0.2, 0.25) is 0 Å². The number of primary sulfonamides is 1. The van der Waals surface area contributed by atoms with E-state index in [4.69, 9.17) is 5.14 Å². The van der Waals surface area contributed by atoms with Gasteiger partial charge in [-0.2, -0.15) is 0 Å². The summed E-state index contributed by atoms with van der Waals surface area (Å²) in [5.74, 6) is -3.57. The molecule has 1 amide bonds. The summed E-state index contributed by atoms with van der Waals surface area (Å²) in [4.78, 5) is 12.6. The van der Waals surface area contributed by atoms with Crippen molar-refractivity contribution in [2.45, 2.75) is 31.6 Å². The van der Waals surface area contributed by atoms with Gasteiger partial charge in [0, 0.05) is 19.4 Å². The van der Waals surface area contributed by atoms with Gasteiger partial charge in [0.15, 0.2) is 0 Å². The molecular weight excluding hydrogens is 254 g/mol. The summed E-state index contributed by atoms with van der Waals surface area (Å²) in [6.07, 6.45) is 0.0775. The molecule has 0 aliphatic carbocycles. The molecule has 0 bridgehead atoms. The average molecular weight is 270 g/mol. The van der Waals surface area contributed by atoms with Crippen molar-refractivity contribution in [3.05, 3.63) is 0 Å². The Balaban J connectivity index is 2.38. The van der Waals surface area contributed by atoms with E-state index < -0.39 is 28.4 Å². The van der Waals surface area contributed by atoms with Crippen molar-refractivity contribution in [2.75, 3.05) is 18.8 Å². The van der Waals surface area contributed by atoms with Crippen LogP contribution < -0.4 is 5.14 Å². The molecule has 0 spiro atoms. The van der Waals surface area contributed by atoms with Gasteiger partial charge in [-0.1, -0.05) is 0 Å². The van der Waals surface area contributed by atoms with Crippen LogP contribution in [0.15, 0.2) is 0 Å². The van der Waals surface area contributed by atoms with E-state index in [1.165, 1.54) is 0 Å². The summed E-state index contributed by atoms with van der Waals surface area (Å²) in [5.41, 5.74) is 0. The molecule has 0 unspecified atom stereocenters. The van der Waals surface area contributed by atoms with E-state index in [-0.39, 0.29) is 31.4 Å². The fourth-order valence-corrected chi connectivity index (χ4v) is 2.31. The first-order chi connectivity index (χ1) is 7.70. The number of hydrogen-bond acceptors (Lipinski definition) is 3. The number of sulfonamides is 1. The van der Waals surface area contributed by atoms with Crippen LogP contribution >= 0.6 is 0 Å². The molecule has 1 fully saturated rings. The maximum atomic E-state index is 13.0. The number of carbonyl (C=O) groups excluding carboxylic acids is 1. The molecule has 0 radical (unpaired) electrons. The number of hydrogen-bond donors (Lipinski definition) is 1. The Kier molecular flexibility index (Phi) is 4.42. The Morgan fingerprint density at radius 3 is 2.59 bits per heavy atom. The third kappa shape index (κ3) is 5.40. The van der Waals surface area contributed by atoms with Crippen molar-refractivity contribution in [1.29, 1.82) is 0 Å². The second-order valence-electron chi connectivity index (χ2n) is 4.25. The van der Waals surface area contributed by atoms with Crippen LogP contribution in [0.4, 0.5) is 8.78 Å². The molecule has 1 aliphatic rings. The van der Waals surface area contributed by atoms with E-state index in [2.05, 4.69) is 0 Å². The molecule has 5 nitrogen and oxygen atoms in total. The van der Waals surface area contributed by atoms with E-state index in [1.807, 2.05) is 0 Å². The standard InChI is InChI=1S/C9H16F2N2O3S/c10-9(11)4-2-5-13(7-9)8(14)3-1-6-17(12,15)16/h1-7H2,(H2,12,15,16). The van der Waals surface area contributed by atoms with E-state index in [9.17, 15) is 22.0 Å². The SMILES string of the molecule is NS(=O)(=O)CCCC(=O)N1CCCC(F)(F)C1. The smallest absolute Gasteiger partial charge is 0.265 e. The maximum Gasteiger partial charge on any atom is 0.265 e. The van der Waals surface area contributed by atoms with Crippen molar-refractivity contribution in [3.8, 4) is 0 Å². The molecule has 1 saturated heterocycles. The zero-order valence-corrected chi connectivity index (χ0v) is 10.2. The molecule has 1 aliphatic heterocycles. The highest BCUT2D eigenvalue weighted by atomic mass is 32.2. The Morgan fingerprint density at radius 1 is 1.41 bits per heavy atom. The quantitative estimate of drug-likeness (QED) is 0.798. The fourth-order valence-electron chi connectivity index (χ4n) is 1.76. The molecule has 0 aromatic heterocycles. The molecular formula is C9H16F2N2O3S. The zero-order valence-electron chi connectivity index (χ0n) is 9.36. The molecule has 0 aromatic carbocycles. The first-order valence-corrected chi connectivity index (χ1v) is 7.07. The minimum absolute atomic E-state index is 0.0630. The highest BCUT2D eigenvalue weighted by Crippen LogP contribution is 2.26. The van der Waals surface area contributed by atoms with Crippen LogP contribution in [-0.2, 0) is 14.8 Å². The van der Waals surface area contributed by atoms with Gasteiger partial charge >= 0.3 is 0 Å². The van der Waals surface area contributed by atoms with Crippen LogP contribution in [0.25, 0.3) is 0 Å². The van der Waals surface area contributed by atoms with Gasteiger partial charge in [-0.3, -0.25) is 4.79 Å². The topological polar surface area (TPSA) is 80.5 Å². The second-order valence-corrected chi connectivity index (χ2v) is 5.98. The van der Waals surface area contributed by atoms with Gasteiger partial charge in [0.25, 0.3) is 5.92 Å². The molecule has 1 heterocycles. The minimum atomic E-state index is -3.59. The van der Waals surface area contributed by atoms with Crippen LogP contribution in [0.1, 0.15) is 25.7 Å². The van der Waals surface area contributed by atoms with Crippen molar-refractivity contribution in [2.24, 2.45) is 5.14 Å². The van der Waals surface area contributed by atoms with Gasteiger partial charge in [-0.15, -0.1) is 0 Å². The van der Waals surface area contributed by atoms with Crippen LogP contribution in [0.5, 0.6) is 0 Å². The van der Waals surface area contributed by atoms with Crippen molar-refractivity contribution >= 4 is 15.9 Å². The second kappa shape index (κ2) is 5.26. The van der Waals surface area contributed by atoms with E-state index in [0.717, 1.165) is 4.90 Å². The summed E-state index contributed by atoms with van der Waals surface area (Å²) < 4.78 is 47.3. The van der Waals surface area contributed by atoms with Crippen LogP contribution in [-0.4, -0.2) is 44.0 Å². The number of amides is 1. The zero-order chi connectivity index (χ0) is 13.1.